The Kier molecular flexibility index (Phi) is 4.45. The molecule has 0 aliphatic carbocycles. The van der Waals surface area contributed by atoms with E-state index in [1.54, 1.807) is 12.1 Å². The normalized spacial score (nSPS) is 10.7. The van der Waals surface area contributed by atoms with Crippen molar-refractivity contribution in [3.8, 4) is 0 Å². The highest BCUT2D eigenvalue weighted by Gasteiger charge is 2.07. The van der Waals surface area contributed by atoms with E-state index >= 15 is 0 Å². The van der Waals surface area contributed by atoms with Gasteiger partial charge in [-0.25, -0.2) is 0 Å². The summed E-state index contributed by atoms with van der Waals surface area (Å²) in [5.41, 5.74) is 3.20. The molecule has 0 N–H and O–H groups in total. The minimum absolute atomic E-state index is 0.556. The van der Waals surface area contributed by atoms with E-state index in [1.165, 1.54) is 0 Å². The molecule has 0 aliphatic heterocycles. The van der Waals surface area contributed by atoms with Crippen LogP contribution in [0.15, 0.2) is 30.3 Å². The molecule has 0 heterocycles. The van der Waals surface area contributed by atoms with E-state index in [1.807, 2.05) is 25.1 Å². The average Bonchev–Trinajstić information content (AvgIpc) is 2.30. The number of hydrogen-bond acceptors (Lipinski definition) is 0. The molecule has 94 valence electrons. The third kappa shape index (κ3) is 3.13. The van der Waals surface area contributed by atoms with Gasteiger partial charge in [-0.15, -0.1) is 0 Å². The Labute approximate surface area is 126 Å². The smallest absolute Gasteiger partial charge is 0.0595 e. The molecule has 0 saturated carbocycles. The van der Waals surface area contributed by atoms with Crippen molar-refractivity contribution in [2.75, 3.05) is 0 Å². The first-order valence-corrected chi connectivity index (χ1v) is 6.87. The van der Waals surface area contributed by atoms with Crippen LogP contribution in [0.1, 0.15) is 16.7 Å². The largest absolute Gasteiger partial charge is 0.0843 e. The standard InChI is InChI=1S/C14H10Cl4/c1-8-10(6-11(15)7-13(8)17)4-9-2-3-12(16)14(18)5-9/h2-3,5-7H,4H2,1H3. The van der Waals surface area contributed by atoms with Crippen LogP contribution in [0.4, 0.5) is 0 Å². The van der Waals surface area contributed by atoms with E-state index in [0.717, 1.165) is 23.1 Å². The summed E-state index contributed by atoms with van der Waals surface area (Å²) in [6.07, 6.45) is 0.725. The van der Waals surface area contributed by atoms with Crippen molar-refractivity contribution in [2.24, 2.45) is 0 Å². The zero-order chi connectivity index (χ0) is 13.3. The Morgan fingerprint density at radius 2 is 1.56 bits per heavy atom. The maximum Gasteiger partial charge on any atom is 0.0595 e. The second-order valence-corrected chi connectivity index (χ2v) is 5.76. The van der Waals surface area contributed by atoms with E-state index in [9.17, 15) is 0 Å². The van der Waals surface area contributed by atoms with E-state index in [4.69, 9.17) is 46.4 Å². The lowest BCUT2D eigenvalue weighted by Gasteiger charge is -2.09. The molecule has 0 atom stereocenters. The zero-order valence-electron chi connectivity index (χ0n) is 9.61. The molecular formula is C14H10Cl4. The van der Waals surface area contributed by atoms with Gasteiger partial charge in [-0.2, -0.15) is 0 Å². The molecule has 4 heteroatoms. The fourth-order valence-electron chi connectivity index (χ4n) is 1.75. The summed E-state index contributed by atoms with van der Waals surface area (Å²) in [5.74, 6) is 0. The Morgan fingerprint density at radius 3 is 2.22 bits per heavy atom. The summed E-state index contributed by atoms with van der Waals surface area (Å²) in [6.45, 7) is 1.98. The lowest BCUT2D eigenvalue weighted by Crippen LogP contribution is -1.93. The van der Waals surface area contributed by atoms with Gasteiger partial charge in [-0.3, -0.25) is 0 Å². The van der Waals surface area contributed by atoms with Gasteiger partial charge in [0.05, 0.1) is 10.0 Å². The van der Waals surface area contributed by atoms with Crippen molar-refractivity contribution in [2.45, 2.75) is 13.3 Å². The summed E-state index contributed by atoms with van der Waals surface area (Å²) >= 11 is 24.0. The minimum atomic E-state index is 0.556. The Hall–Kier alpha value is -0.400. The van der Waals surface area contributed by atoms with Crippen LogP contribution in [0.25, 0.3) is 0 Å². The monoisotopic (exact) mass is 318 g/mol. The minimum Gasteiger partial charge on any atom is -0.0843 e. The van der Waals surface area contributed by atoms with Crippen LogP contribution in [-0.2, 0) is 6.42 Å². The molecule has 0 nitrogen and oxygen atoms in total. The van der Waals surface area contributed by atoms with Crippen LogP contribution in [0.5, 0.6) is 0 Å². The van der Waals surface area contributed by atoms with Crippen molar-refractivity contribution in [1.29, 1.82) is 0 Å². The molecule has 18 heavy (non-hydrogen) atoms. The highest BCUT2D eigenvalue weighted by atomic mass is 35.5. The second-order valence-electron chi connectivity index (χ2n) is 4.10. The first-order chi connectivity index (χ1) is 8.47. The highest BCUT2D eigenvalue weighted by molar-refractivity contribution is 6.42. The molecule has 0 bridgehead atoms. The Bertz CT molecular complexity index is 591. The first-order valence-electron chi connectivity index (χ1n) is 5.36. The molecule has 2 aromatic carbocycles. The van der Waals surface area contributed by atoms with Gasteiger partial charge < -0.3 is 0 Å². The first kappa shape index (κ1) is 14.0. The molecule has 0 amide bonds. The zero-order valence-corrected chi connectivity index (χ0v) is 12.6. The van der Waals surface area contributed by atoms with E-state index in [0.29, 0.717) is 20.1 Å². The van der Waals surface area contributed by atoms with Gasteiger partial charge in [-0.1, -0.05) is 52.5 Å². The molecule has 0 spiro atoms. The second kappa shape index (κ2) is 5.71. The van der Waals surface area contributed by atoms with Crippen LogP contribution in [0.2, 0.25) is 20.1 Å². The topological polar surface area (TPSA) is 0 Å². The lowest BCUT2D eigenvalue weighted by atomic mass is 10.0. The summed E-state index contributed by atoms with van der Waals surface area (Å²) < 4.78 is 0. The van der Waals surface area contributed by atoms with Crippen molar-refractivity contribution >= 4 is 46.4 Å². The van der Waals surface area contributed by atoms with E-state index < -0.39 is 0 Å². The van der Waals surface area contributed by atoms with E-state index in [2.05, 4.69) is 0 Å². The van der Waals surface area contributed by atoms with Gasteiger partial charge in [0.15, 0.2) is 0 Å². The predicted molar refractivity (Wildman–Crippen MR) is 80.5 cm³/mol. The third-order valence-electron chi connectivity index (χ3n) is 2.80. The number of benzene rings is 2. The summed E-state index contributed by atoms with van der Waals surface area (Å²) in [6, 6.07) is 9.27. The van der Waals surface area contributed by atoms with Gasteiger partial charge in [0.1, 0.15) is 0 Å². The highest BCUT2D eigenvalue weighted by Crippen LogP contribution is 2.28. The Balaban J connectivity index is 2.36. The van der Waals surface area contributed by atoms with Crippen molar-refractivity contribution < 1.29 is 0 Å². The fourth-order valence-corrected chi connectivity index (χ4v) is 2.61. The van der Waals surface area contributed by atoms with Crippen LogP contribution in [0.3, 0.4) is 0 Å². The number of hydrogen-bond donors (Lipinski definition) is 0. The summed E-state index contributed by atoms with van der Waals surface area (Å²) in [7, 11) is 0. The molecule has 2 rings (SSSR count). The maximum atomic E-state index is 6.11. The summed E-state index contributed by atoms with van der Waals surface area (Å²) in [4.78, 5) is 0. The summed E-state index contributed by atoms with van der Waals surface area (Å²) in [5, 5.41) is 2.43. The van der Waals surface area contributed by atoms with Crippen molar-refractivity contribution in [1.82, 2.24) is 0 Å². The quantitative estimate of drug-likeness (QED) is 0.618. The molecular weight excluding hydrogens is 310 g/mol. The van der Waals surface area contributed by atoms with Gasteiger partial charge in [0, 0.05) is 10.0 Å². The Morgan fingerprint density at radius 1 is 0.833 bits per heavy atom. The van der Waals surface area contributed by atoms with Gasteiger partial charge >= 0.3 is 0 Å². The molecule has 0 aliphatic rings. The van der Waals surface area contributed by atoms with Crippen LogP contribution < -0.4 is 0 Å². The van der Waals surface area contributed by atoms with Gasteiger partial charge in [-0.05, 0) is 54.3 Å². The van der Waals surface area contributed by atoms with E-state index in [-0.39, 0.29) is 0 Å². The van der Waals surface area contributed by atoms with Crippen LogP contribution >= 0.6 is 46.4 Å². The molecule has 0 saturated heterocycles. The molecule has 2 aromatic rings. The number of rotatable bonds is 2. The van der Waals surface area contributed by atoms with Crippen LogP contribution in [-0.4, -0.2) is 0 Å². The lowest BCUT2D eigenvalue weighted by molar-refractivity contribution is 1.16. The van der Waals surface area contributed by atoms with Crippen molar-refractivity contribution in [3.05, 3.63) is 67.1 Å². The van der Waals surface area contributed by atoms with Crippen molar-refractivity contribution in [3.63, 3.8) is 0 Å². The molecule has 0 unspecified atom stereocenters. The predicted octanol–water partition coefficient (Wildman–Crippen LogP) is 6.20. The van der Waals surface area contributed by atoms with Gasteiger partial charge in [0.2, 0.25) is 0 Å². The maximum absolute atomic E-state index is 6.11. The third-order valence-corrected chi connectivity index (χ3v) is 4.15. The van der Waals surface area contributed by atoms with Crippen LogP contribution in [0, 0.1) is 6.92 Å². The molecule has 0 radical (unpaired) electrons. The fraction of sp³-hybridized carbons (Fsp3) is 0.143. The molecule has 0 aromatic heterocycles. The average molecular weight is 320 g/mol. The number of halogens is 4. The van der Waals surface area contributed by atoms with Gasteiger partial charge in [0.25, 0.3) is 0 Å². The SMILES string of the molecule is Cc1c(Cl)cc(Cl)cc1Cc1ccc(Cl)c(Cl)c1. The molecule has 0 fully saturated rings.